The summed E-state index contributed by atoms with van der Waals surface area (Å²) in [7, 11) is 0. The molecular formula is C11H11N3O4. The van der Waals surface area contributed by atoms with E-state index < -0.39 is 5.97 Å². The third-order valence-corrected chi connectivity index (χ3v) is 2.25. The summed E-state index contributed by atoms with van der Waals surface area (Å²) in [5.41, 5.74) is 0.192. The number of carboxylic acids is 1. The van der Waals surface area contributed by atoms with Crippen molar-refractivity contribution in [3.63, 3.8) is 0 Å². The normalized spacial score (nSPS) is 10.4. The Kier molecular flexibility index (Phi) is 3.52. The minimum atomic E-state index is -0.859. The van der Waals surface area contributed by atoms with Crippen LogP contribution in [0.3, 0.4) is 0 Å². The van der Waals surface area contributed by atoms with E-state index in [1.807, 2.05) is 0 Å². The Bertz CT molecular complexity index is 602. The molecule has 2 N–H and O–H groups in total. The van der Waals surface area contributed by atoms with Crippen molar-refractivity contribution in [1.82, 2.24) is 15.2 Å². The van der Waals surface area contributed by atoms with E-state index >= 15 is 0 Å². The summed E-state index contributed by atoms with van der Waals surface area (Å²) < 4.78 is 5.32. The summed E-state index contributed by atoms with van der Waals surface area (Å²) in [5, 5.41) is 16.1. The highest BCUT2D eigenvalue weighted by Crippen LogP contribution is 2.14. The molecular weight excluding hydrogens is 238 g/mol. The summed E-state index contributed by atoms with van der Waals surface area (Å²) in [6.45, 7) is 0. The molecule has 2 aromatic rings. The zero-order valence-corrected chi connectivity index (χ0v) is 9.42. The van der Waals surface area contributed by atoms with Crippen molar-refractivity contribution >= 4 is 5.97 Å². The first-order chi connectivity index (χ1) is 8.65. The average Bonchev–Trinajstić information content (AvgIpc) is 2.77. The van der Waals surface area contributed by atoms with Crippen molar-refractivity contribution < 1.29 is 14.3 Å². The van der Waals surface area contributed by atoms with Crippen LogP contribution in [0.15, 0.2) is 27.4 Å². The van der Waals surface area contributed by atoms with Gasteiger partial charge in [-0.25, -0.2) is 0 Å². The van der Waals surface area contributed by atoms with Gasteiger partial charge in [0.15, 0.2) is 0 Å². The smallest absolute Gasteiger partial charge is 0.303 e. The highest BCUT2D eigenvalue weighted by molar-refractivity contribution is 5.66. The molecule has 0 unspecified atom stereocenters. The number of nitrogens with one attached hydrogen (secondary N) is 1. The molecule has 0 saturated carbocycles. The molecule has 0 fully saturated rings. The van der Waals surface area contributed by atoms with Crippen LogP contribution < -0.4 is 5.56 Å². The number of carboxylic acid groups (broad SMARTS) is 1. The van der Waals surface area contributed by atoms with Crippen LogP contribution >= 0.6 is 0 Å². The zero-order valence-electron chi connectivity index (χ0n) is 9.42. The van der Waals surface area contributed by atoms with Crippen LogP contribution in [-0.4, -0.2) is 26.3 Å². The largest absolute Gasteiger partial charge is 0.481 e. The minimum absolute atomic E-state index is 0.0554. The maximum absolute atomic E-state index is 11.1. The van der Waals surface area contributed by atoms with E-state index in [9.17, 15) is 9.59 Å². The standard InChI is InChI=1S/C11H11N3O4/c15-8-4-1-3-7(12-8)11-14-13-9(18-11)5-2-6-10(16)17/h1,3-4H,2,5-6H2,(H,12,15)(H,16,17). The summed E-state index contributed by atoms with van der Waals surface area (Å²) in [5.74, 6) is -0.281. The Morgan fingerprint density at radius 3 is 2.94 bits per heavy atom. The second-order valence-corrected chi connectivity index (χ2v) is 3.68. The molecule has 0 aromatic carbocycles. The van der Waals surface area contributed by atoms with Gasteiger partial charge in [0.2, 0.25) is 11.4 Å². The molecule has 18 heavy (non-hydrogen) atoms. The summed E-state index contributed by atoms with van der Waals surface area (Å²) in [4.78, 5) is 24.0. The lowest BCUT2D eigenvalue weighted by molar-refractivity contribution is -0.137. The number of aromatic nitrogens is 3. The zero-order chi connectivity index (χ0) is 13.0. The SMILES string of the molecule is O=C(O)CCCc1nnc(-c2cccc(=O)[nH]2)o1. The van der Waals surface area contributed by atoms with Gasteiger partial charge in [-0.15, -0.1) is 10.2 Å². The molecule has 0 saturated heterocycles. The molecule has 2 aromatic heterocycles. The van der Waals surface area contributed by atoms with Crippen LogP contribution in [0.5, 0.6) is 0 Å². The first-order valence-electron chi connectivity index (χ1n) is 5.39. The molecule has 2 heterocycles. The quantitative estimate of drug-likeness (QED) is 0.812. The lowest BCUT2D eigenvalue weighted by Gasteiger charge is -1.93. The van der Waals surface area contributed by atoms with Gasteiger partial charge in [0, 0.05) is 18.9 Å². The van der Waals surface area contributed by atoms with Crippen molar-refractivity contribution in [2.45, 2.75) is 19.3 Å². The number of aliphatic carboxylic acids is 1. The van der Waals surface area contributed by atoms with Crippen molar-refractivity contribution in [2.75, 3.05) is 0 Å². The van der Waals surface area contributed by atoms with E-state index in [-0.39, 0.29) is 17.9 Å². The Labute approximate surface area is 101 Å². The molecule has 0 radical (unpaired) electrons. The lowest BCUT2D eigenvalue weighted by atomic mass is 10.2. The van der Waals surface area contributed by atoms with Crippen LogP contribution in [0.1, 0.15) is 18.7 Å². The average molecular weight is 249 g/mol. The molecule has 0 amide bonds. The van der Waals surface area contributed by atoms with Gasteiger partial charge in [-0.1, -0.05) is 6.07 Å². The van der Waals surface area contributed by atoms with Crippen molar-refractivity contribution in [2.24, 2.45) is 0 Å². The molecule has 0 atom stereocenters. The maximum atomic E-state index is 11.1. The van der Waals surface area contributed by atoms with Gasteiger partial charge in [-0.3, -0.25) is 9.59 Å². The number of aromatic amines is 1. The Balaban J connectivity index is 2.06. The second-order valence-electron chi connectivity index (χ2n) is 3.68. The summed E-state index contributed by atoms with van der Waals surface area (Å²) in [6, 6.07) is 4.62. The fraction of sp³-hybridized carbons (Fsp3) is 0.273. The summed E-state index contributed by atoms with van der Waals surface area (Å²) in [6.07, 6.45) is 0.887. The molecule has 0 aliphatic rings. The fourth-order valence-corrected chi connectivity index (χ4v) is 1.43. The minimum Gasteiger partial charge on any atom is -0.481 e. The number of rotatable bonds is 5. The topological polar surface area (TPSA) is 109 Å². The Morgan fingerprint density at radius 1 is 1.39 bits per heavy atom. The second kappa shape index (κ2) is 5.26. The molecule has 2 rings (SSSR count). The van der Waals surface area contributed by atoms with E-state index in [1.54, 1.807) is 12.1 Å². The van der Waals surface area contributed by atoms with E-state index in [0.717, 1.165) is 0 Å². The van der Waals surface area contributed by atoms with E-state index in [1.165, 1.54) is 6.07 Å². The summed E-state index contributed by atoms with van der Waals surface area (Å²) >= 11 is 0. The van der Waals surface area contributed by atoms with Gasteiger partial charge < -0.3 is 14.5 Å². The monoisotopic (exact) mass is 249 g/mol. The van der Waals surface area contributed by atoms with E-state index in [2.05, 4.69) is 15.2 Å². The van der Waals surface area contributed by atoms with Crippen LogP contribution in [0.25, 0.3) is 11.6 Å². The van der Waals surface area contributed by atoms with Crippen LogP contribution in [-0.2, 0) is 11.2 Å². The fourth-order valence-electron chi connectivity index (χ4n) is 1.43. The number of aryl methyl sites for hydroxylation is 1. The molecule has 7 nitrogen and oxygen atoms in total. The maximum Gasteiger partial charge on any atom is 0.303 e. The van der Waals surface area contributed by atoms with Crippen LogP contribution in [0, 0.1) is 0 Å². The highest BCUT2D eigenvalue weighted by Gasteiger charge is 2.09. The first-order valence-corrected chi connectivity index (χ1v) is 5.39. The number of carbonyl (C=O) groups is 1. The molecule has 0 aliphatic carbocycles. The molecule has 0 spiro atoms. The van der Waals surface area contributed by atoms with Gasteiger partial charge in [0.25, 0.3) is 5.89 Å². The van der Waals surface area contributed by atoms with Gasteiger partial charge in [0.1, 0.15) is 5.69 Å². The number of nitrogens with zero attached hydrogens (tertiary/aromatic N) is 2. The molecule has 7 heteroatoms. The first kappa shape index (κ1) is 12.0. The van der Waals surface area contributed by atoms with Crippen molar-refractivity contribution in [3.05, 3.63) is 34.4 Å². The third kappa shape index (κ3) is 3.03. The van der Waals surface area contributed by atoms with Crippen LogP contribution in [0.4, 0.5) is 0 Å². The Morgan fingerprint density at radius 2 is 2.22 bits per heavy atom. The van der Waals surface area contributed by atoms with E-state index in [0.29, 0.717) is 24.4 Å². The van der Waals surface area contributed by atoms with Crippen LogP contribution in [0.2, 0.25) is 0 Å². The lowest BCUT2D eigenvalue weighted by Crippen LogP contribution is -2.03. The van der Waals surface area contributed by atoms with Gasteiger partial charge in [-0.05, 0) is 12.5 Å². The van der Waals surface area contributed by atoms with Gasteiger partial charge in [0.05, 0.1) is 0 Å². The number of hydrogen-bond acceptors (Lipinski definition) is 5. The predicted octanol–water partition coefficient (Wildman–Crippen LogP) is 0.832. The van der Waals surface area contributed by atoms with Gasteiger partial charge >= 0.3 is 5.97 Å². The predicted molar refractivity (Wildman–Crippen MR) is 60.9 cm³/mol. The molecule has 94 valence electrons. The highest BCUT2D eigenvalue weighted by atomic mass is 16.4. The number of H-pyrrole nitrogens is 1. The van der Waals surface area contributed by atoms with E-state index in [4.69, 9.17) is 9.52 Å². The molecule has 0 aliphatic heterocycles. The van der Waals surface area contributed by atoms with Crippen molar-refractivity contribution in [3.8, 4) is 11.6 Å². The molecule has 0 bridgehead atoms. The number of hydrogen-bond donors (Lipinski definition) is 2. The third-order valence-electron chi connectivity index (χ3n) is 2.25. The Hall–Kier alpha value is -2.44. The van der Waals surface area contributed by atoms with Gasteiger partial charge in [-0.2, -0.15) is 0 Å². The van der Waals surface area contributed by atoms with Crippen molar-refractivity contribution in [1.29, 1.82) is 0 Å². The number of pyridine rings is 1.